The van der Waals surface area contributed by atoms with Crippen molar-refractivity contribution in [3.8, 4) is 22.7 Å². The number of para-hydroxylation sites is 2. The minimum Gasteiger partial charge on any atom is -0.492 e. The summed E-state index contributed by atoms with van der Waals surface area (Å²) in [6.07, 6.45) is 3.16. The molecule has 0 unspecified atom stereocenters. The van der Waals surface area contributed by atoms with Crippen LogP contribution < -0.4 is 10.3 Å². The summed E-state index contributed by atoms with van der Waals surface area (Å²) in [7, 11) is 0. The fourth-order valence-corrected chi connectivity index (χ4v) is 3.51. The molecule has 0 saturated heterocycles. The van der Waals surface area contributed by atoms with Gasteiger partial charge in [0, 0.05) is 11.8 Å². The minimum atomic E-state index is -0.196. The molecular weight excluding hydrogens is 366 g/mol. The van der Waals surface area contributed by atoms with Crippen molar-refractivity contribution in [1.29, 1.82) is 0 Å². The summed E-state index contributed by atoms with van der Waals surface area (Å²) in [5, 5.41) is 4.78. The van der Waals surface area contributed by atoms with Gasteiger partial charge in [0.2, 0.25) is 0 Å². The number of ether oxygens (including phenoxy) is 1. The van der Waals surface area contributed by atoms with E-state index in [2.05, 4.69) is 15.1 Å². The zero-order valence-electron chi connectivity index (χ0n) is 15.7. The molecule has 7 heteroatoms. The third kappa shape index (κ3) is 2.75. The van der Waals surface area contributed by atoms with Crippen molar-refractivity contribution >= 4 is 16.7 Å². The molecule has 0 radical (unpaired) electrons. The van der Waals surface area contributed by atoms with Gasteiger partial charge in [0.15, 0.2) is 0 Å². The molecule has 0 bridgehead atoms. The molecule has 0 atom stereocenters. The van der Waals surface area contributed by atoms with Crippen LogP contribution in [0.5, 0.6) is 5.75 Å². The average Bonchev–Trinajstić information content (AvgIpc) is 3.22. The van der Waals surface area contributed by atoms with E-state index in [4.69, 9.17) is 4.74 Å². The third-order valence-corrected chi connectivity index (χ3v) is 4.74. The molecule has 0 amide bonds. The first kappa shape index (κ1) is 17.1. The standard InChI is InChI=1S/C22H17N5O2/c1-2-29-18-11-7-6-10-17(18)26-13-12-16-19(21(26)28)20(15-8-4-3-5-9-15)27-22(25-16)23-14-24-27/h3-14H,2H2,1H3. The van der Waals surface area contributed by atoms with Gasteiger partial charge in [0.05, 0.1) is 28.9 Å². The summed E-state index contributed by atoms with van der Waals surface area (Å²) in [5.74, 6) is 1.09. The third-order valence-electron chi connectivity index (χ3n) is 4.74. The summed E-state index contributed by atoms with van der Waals surface area (Å²) in [6.45, 7) is 2.43. The highest BCUT2D eigenvalue weighted by Gasteiger charge is 2.18. The van der Waals surface area contributed by atoms with E-state index < -0.39 is 0 Å². The molecule has 2 aromatic carbocycles. The number of rotatable bonds is 4. The first-order valence-corrected chi connectivity index (χ1v) is 9.30. The van der Waals surface area contributed by atoms with Crippen molar-refractivity contribution < 1.29 is 4.74 Å². The maximum absolute atomic E-state index is 13.7. The highest BCUT2D eigenvalue weighted by Crippen LogP contribution is 2.27. The fourth-order valence-electron chi connectivity index (χ4n) is 3.51. The van der Waals surface area contributed by atoms with Gasteiger partial charge < -0.3 is 4.74 Å². The van der Waals surface area contributed by atoms with Crippen LogP contribution >= 0.6 is 0 Å². The smallest absolute Gasteiger partial charge is 0.266 e. The molecule has 7 nitrogen and oxygen atoms in total. The highest BCUT2D eigenvalue weighted by atomic mass is 16.5. The normalized spacial score (nSPS) is 11.2. The molecule has 5 rings (SSSR count). The van der Waals surface area contributed by atoms with Gasteiger partial charge in [0.25, 0.3) is 11.3 Å². The van der Waals surface area contributed by atoms with Gasteiger partial charge in [-0.1, -0.05) is 42.5 Å². The summed E-state index contributed by atoms with van der Waals surface area (Å²) >= 11 is 0. The first-order valence-electron chi connectivity index (χ1n) is 9.30. The number of aromatic nitrogens is 5. The van der Waals surface area contributed by atoms with Gasteiger partial charge in [-0.3, -0.25) is 9.36 Å². The molecule has 0 aliphatic rings. The molecule has 0 aliphatic heterocycles. The predicted molar refractivity (Wildman–Crippen MR) is 110 cm³/mol. The van der Waals surface area contributed by atoms with Gasteiger partial charge in [-0.2, -0.15) is 14.6 Å². The number of fused-ring (bicyclic) bond motifs is 2. The van der Waals surface area contributed by atoms with Crippen LogP contribution in [0.2, 0.25) is 0 Å². The van der Waals surface area contributed by atoms with E-state index in [-0.39, 0.29) is 5.56 Å². The molecule has 0 N–H and O–H groups in total. The fraction of sp³-hybridized carbons (Fsp3) is 0.0909. The van der Waals surface area contributed by atoms with Crippen molar-refractivity contribution in [3.63, 3.8) is 0 Å². The second-order valence-corrected chi connectivity index (χ2v) is 6.45. The lowest BCUT2D eigenvalue weighted by molar-refractivity contribution is 0.339. The molecule has 0 aliphatic carbocycles. The SMILES string of the molecule is CCOc1ccccc1-n1ccc2nc3ncnn3c(-c3ccccc3)c2c1=O. The summed E-state index contributed by atoms with van der Waals surface area (Å²) in [5.41, 5.74) is 2.58. The number of pyridine rings is 1. The first-order chi connectivity index (χ1) is 14.3. The van der Waals surface area contributed by atoms with E-state index in [9.17, 15) is 4.79 Å². The van der Waals surface area contributed by atoms with Crippen LogP contribution in [-0.4, -0.2) is 30.8 Å². The van der Waals surface area contributed by atoms with E-state index in [1.165, 1.54) is 6.33 Å². The average molecular weight is 383 g/mol. The topological polar surface area (TPSA) is 74.3 Å². The minimum absolute atomic E-state index is 0.196. The van der Waals surface area contributed by atoms with Crippen LogP contribution in [0.1, 0.15) is 6.92 Å². The number of benzene rings is 2. The summed E-state index contributed by atoms with van der Waals surface area (Å²) in [6, 6.07) is 19.0. The van der Waals surface area contributed by atoms with E-state index in [0.717, 1.165) is 5.56 Å². The van der Waals surface area contributed by atoms with E-state index in [0.29, 0.717) is 40.4 Å². The molecule has 3 aromatic heterocycles. The Labute approximate surface area is 165 Å². The Morgan fingerprint density at radius 3 is 2.62 bits per heavy atom. The lowest BCUT2D eigenvalue weighted by atomic mass is 10.1. The molecule has 5 aromatic rings. The van der Waals surface area contributed by atoms with Crippen LogP contribution in [0.15, 0.2) is 78.0 Å². The van der Waals surface area contributed by atoms with Gasteiger partial charge in [-0.05, 0) is 25.1 Å². The zero-order chi connectivity index (χ0) is 19.8. The Hall–Kier alpha value is -4.00. The zero-order valence-corrected chi connectivity index (χ0v) is 15.7. The van der Waals surface area contributed by atoms with E-state index in [1.54, 1.807) is 15.3 Å². The Morgan fingerprint density at radius 1 is 1.00 bits per heavy atom. The summed E-state index contributed by atoms with van der Waals surface area (Å²) < 4.78 is 8.92. The second-order valence-electron chi connectivity index (χ2n) is 6.45. The molecule has 0 spiro atoms. The van der Waals surface area contributed by atoms with Gasteiger partial charge in [0.1, 0.15) is 12.1 Å². The van der Waals surface area contributed by atoms with Gasteiger partial charge >= 0.3 is 0 Å². The van der Waals surface area contributed by atoms with Crippen LogP contribution in [0.3, 0.4) is 0 Å². The van der Waals surface area contributed by atoms with Gasteiger partial charge in [-0.15, -0.1) is 0 Å². The molecular formula is C22H17N5O2. The van der Waals surface area contributed by atoms with Crippen molar-refractivity contribution in [3.05, 3.63) is 83.5 Å². The Bertz CT molecular complexity index is 1390. The van der Waals surface area contributed by atoms with Crippen LogP contribution in [0, 0.1) is 0 Å². The van der Waals surface area contributed by atoms with Crippen molar-refractivity contribution in [1.82, 2.24) is 24.1 Å². The quantitative estimate of drug-likeness (QED) is 0.475. The maximum Gasteiger partial charge on any atom is 0.266 e. The lowest BCUT2D eigenvalue weighted by Crippen LogP contribution is -2.20. The Kier molecular flexibility index (Phi) is 4.05. The summed E-state index contributed by atoms with van der Waals surface area (Å²) in [4.78, 5) is 22.4. The predicted octanol–water partition coefficient (Wildman–Crippen LogP) is 3.49. The number of nitrogens with zero attached hydrogens (tertiary/aromatic N) is 5. The number of hydrogen-bond acceptors (Lipinski definition) is 5. The van der Waals surface area contributed by atoms with Crippen molar-refractivity contribution in [2.45, 2.75) is 6.92 Å². The van der Waals surface area contributed by atoms with Crippen molar-refractivity contribution in [2.75, 3.05) is 6.61 Å². The van der Waals surface area contributed by atoms with Crippen LogP contribution in [-0.2, 0) is 0 Å². The van der Waals surface area contributed by atoms with Gasteiger partial charge in [-0.25, -0.2) is 4.98 Å². The van der Waals surface area contributed by atoms with Crippen LogP contribution in [0.25, 0.3) is 33.6 Å². The van der Waals surface area contributed by atoms with Crippen molar-refractivity contribution in [2.24, 2.45) is 0 Å². The molecule has 0 saturated carbocycles. The highest BCUT2D eigenvalue weighted by molar-refractivity contribution is 5.93. The maximum atomic E-state index is 13.7. The Balaban J connectivity index is 1.89. The second kappa shape index (κ2) is 6.87. The van der Waals surface area contributed by atoms with Crippen LogP contribution in [0.4, 0.5) is 0 Å². The largest absolute Gasteiger partial charge is 0.492 e. The molecule has 142 valence electrons. The molecule has 0 fully saturated rings. The lowest BCUT2D eigenvalue weighted by Gasteiger charge is -2.14. The van der Waals surface area contributed by atoms with E-state index in [1.807, 2.05) is 67.6 Å². The monoisotopic (exact) mass is 383 g/mol. The Morgan fingerprint density at radius 2 is 1.79 bits per heavy atom. The molecule has 29 heavy (non-hydrogen) atoms. The molecule has 3 heterocycles. The number of hydrogen-bond donors (Lipinski definition) is 0. The van der Waals surface area contributed by atoms with E-state index >= 15 is 0 Å².